The number of ether oxygens (including phenoxy) is 6. The Labute approximate surface area is 173 Å². The lowest BCUT2D eigenvalue weighted by Crippen LogP contribution is -2.38. The van der Waals surface area contributed by atoms with E-state index < -0.39 is 46.9 Å². The van der Waals surface area contributed by atoms with Gasteiger partial charge in [0.1, 0.15) is 18.8 Å². The molecule has 7 atom stereocenters. The molecule has 5 rings (SSSR count). The van der Waals surface area contributed by atoms with Gasteiger partial charge in [0.2, 0.25) is 0 Å². The average molecular weight is 422 g/mol. The first-order valence-corrected chi connectivity index (χ1v) is 10.3. The largest absolute Gasteiger partial charge is 0.461 e. The van der Waals surface area contributed by atoms with E-state index >= 15 is 0 Å². The van der Waals surface area contributed by atoms with E-state index in [2.05, 4.69) is 0 Å². The number of carbonyl (C=O) groups excluding carboxylic acids is 3. The number of esters is 3. The van der Waals surface area contributed by atoms with Gasteiger partial charge in [0.05, 0.1) is 29.5 Å². The molecule has 0 aromatic heterocycles. The van der Waals surface area contributed by atoms with Crippen LogP contribution in [-0.4, -0.2) is 72.3 Å². The van der Waals surface area contributed by atoms with Gasteiger partial charge in [-0.15, -0.1) is 0 Å². The van der Waals surface area contributed by atoms with Crippen LogP contribution < -0.4 is 0 Å². The van der Waals surface area contributed by atoms with Crippen LogP contribution in [0.15, 0.2) is 11.1 Å². The van der Waals surface area contributed by atoms with Crippen LogP contribution in [0.3, 0.4) is 0 Å². The Kier molecular flexibility index (Phi) is 4.17. The Morgan fingerprint density at radius 2 is 1.90 bits per heavy atom. The fourth-order valence-corrected chi connectivity index (χ4v) is 4.61. The van der Waals surface area contributed by atoms with Crippen molar-refractivity contribution in [3.05, 3.63) is 11.1 Å². The second-order valence-corrected chi connectivity index (χ2v) is 9.47. The van der Waals surface area contributed by atoms with Crippen LogP contribution >= 0.6 is 0 Å². The van der Waals surface area contributed by atoms with Crippen molar-refractivity contribution in [1.29, 1.82) is 0 Å². The molecule has 1 saturated carbocycles. The molecule has 0 radical (unpaired) electrons. The first-order valence-electron chi connectivity index (χ1n) is 10.3. The highest BCUT2D eigenvalue weighted by Crippen LogP contribution is 2.54. The molecule has 0 bridgehead atoms. The van der Waals surface area contributed by atoms with Crippen molar-refractivity contribution in [2.75, 3.05) is 13.2 Å². The predicted octanol–water partition coefficient (Wildman–Crippen LogP) is 0.971. The minimum absolute atomic E-state index is 0.0280. The van der Waals surface area contributed by atoms with E-state index in [-0.39, 0.29) is 31.0 Å². The van der Waals surface area contributed by atoms with E-state index in [1.165, 1.54) is 6.92 Å². The van der Waals surface area contributed by atoms with Gasteiger partial charge in [-0.25, -0.2) is 9.59 Å². The monoisotopic (exact) mass is 422 g/mol. The molecule has 4 fully saturated rings. The molecule has 30 heavy (non-hydrogen) atoms. The summed E-state index contributed by atoms with van der Waals surface area (Å²) in [7, 11) is 0. The smallest absolute Gasteiger partial charge is 0.341 e. The van der Waals surface area contributed by atoms with Crippen LogP contribution in [0, 0.1) is 0 Å². The van der Waals surface area contributed by atoms with Crippen molar-refractivity contribution in [2.24, 2.45) is 0 Å². The van der Waals surface area contributed by atoms with E-state index in [1.54, 1.807) is 6.92 Å². The van der Waals surface area contributed by atoms with Gasteiger partial charge in [0.25, 0.3) is 0 Å². The lowest BCUT2D eigenvalue weighted by molar-refractivity contribution is -0.154. The number of carbonyl (C=O) groups is 3. The van der Waals surface area contributed by atoms with Crippen molar-refractivity contribution in [3.8, 4) is 0 Å². The summed E-state index contributed by atoms with van der Waals surface area (Å²) in [6, 6.07) is 0. The average Bonchev–Trinajstić information content (AvgIpc) is 3.60. The lowest BCUT2D eigenvalue weighted by atomic mass is 9.83. The zero-order valence-corrected chi connectivity index (χ0v) is 17.5. The summed E-state index contributed by atoms with van der Waals surface area (Å²) in [6.07, 6.45) is 0.165. The lowest BCUT2D eigenvalue weighted by Gasteiger charge is -2.26. The summed E-state index contributed by atoms with van der Waals surface area (Å²) in [5, 5.41) is 0. The second-order valence-electron chi connectivity index (χ2n) is 9.47. The summed E-state index contributed by atoms with van der Waals surface area (Å²) in [6.45, 7) is 6.93. The zero-order chi connectivity index (χ0) is 21.5. The van der Waals surface area contributed by atoms with Crippen LogP contribution in [0.25, 0.3) is 0 Å². The number of fused-ring (bicyclic) bond motifs is 4. The molecule has 4 aliphatic heterocycles. The van der Waals surface area contributed by atoms with E-state index in [4.69, 9.17) is 28.4 Å². The molecular formula is C21H26O9. The van der Waals surface area contributed by atoms with Crippen molar-refractivity contribution in [3.63, 3.8) is 0 Å². The highest BCUT2D eigenvalue weighted by molar-refractivity contribution is 5.93. The van der Waals surface area contributed by atoms with E-state index in [9.17, 15) is 14.4 Å². The van der Waals surface area contributed by atoms with Gasteiger partial charge in [-0.05, 0) is 33.6 Å². The van der Waals surface area contributed by atoms with Gasteiger partial charge >= 0.3 is 17.9 Å². The number of hydrogen-bond acceptors (Lipinski definition) is 9. The fraction of sp³-hybridized carbons (Fsp3) is 0.762. The van der Waals surface area contributed by atoms with E-state index in [1.807, 2.05) is 13.8 Å². The Hall–Kier alpha value is -1.97. The summed E-state index contributed by atoms with van der Waals surface area (Å²) >= 11 is 0. The molecule has 0 amide bonds. The quantitative estimate of drug-likeness (QED) is 0.371. The van der Waals surface area contributed by atoms with Crippen LogP contribution in [0.1, 0.15) is 47.0 Å². The van der Waals surface area contributed by atoms with Gasteiger partial charge in [0, 0.05) is 18.9 Å². The molecule has 9 heteroatoms. The Bertz CT molecular complexity index is 859. The van der Waals surface area contributed by atoms with Gasteiger partial charge in [0.15, 0.2) is 11.7 Å². The minimum Gasteiger partial charge on any atom is -0.461 e. The normalized spacial score (nSPS) is 46.1. The maximum atomic E-state index is 12.7. The SMILES string of the molecule is CC(=O)OCC1=C2[C@@H](OC(=O)[C@]3(C)CO3)C[C@@]3(C)O[C@@H]3CC[C@@]3(C)O[C@H]3[C@H]2OC1=O. The predicted molar refractivity (Wildman–Crippen MR) is 98.2 cm³/mol. The minimum atomic E-state index is -0.972. The van der Waals surface area contributed by atoms with Crippen LogP contribution in [0.5, 0.6) is 0 Å². The molecular weight excluding hydrogens is 396 g/mol. The van der Waals surface area contributed by atoms with Gasteiger partial charge in [-0.2, -0.15) is 0 Å². The first kappa shape index (κ1) is 20.0. The molecule has 4 heterocycles. The highest BCUT2D eigenvalue weighted by atomic mass is 16.7. The molecule has 0 unspecified atom stereocenters. The molecule has 9 nitrogen and oxygen atoms in total. The topological polar surface area (TPSA) is 116 Å². The third-order valence-corrected chi connectivity index (χ3v) is 6.91. The zero-order valence-electron chi connectivity index (χ0n) is 17.5. The van der Waals surface area contributed by atoms with Crippen LogP contribution in [-0.2, 0) is 42.8 Å². The van der Waals surface area contributed by atoms with Gasteiger partial charge < -0.3 is 28.4 Å². The standard InChI is InChI=1S/C21H26O9/c1-10(22)25-8-11-14-12(27-18(24)21(4)9-26-21)7-20(3)13(29-20)5-6-19(2)16(30-19)15(14)28-17(11)23/h12-13,15-16H,5-9H2,1-4H3/t12-,13+,15-,16-,19+,20+,21-/m0/s1. The van der Waals surface area contributed by atoms with Crippen molar-refractivity contribution in [2.45, 2.75) is 88.2 Å². The second kappa shape index (κ2) is 6.27. The number of epoxide rings is 3. The maximum absolute atomic E-state index is 12.7. The van der Waals surface area contributed by atoms with Crippen molar-refractivity contribution >= 4 is 17.9 Å². The maximum Gasteiger partial charge on any atom is 0.341 e. The molecule has 5 aliphatic rings. The van der Waals surface area contributed by atoms with E-state index in [0.29, 0.717) is 12.0 Å². The molecule has 0 aromatic rings. The van der Waals surface area contributed by atoms with Crippen molar-refractivity contribution < 1.29 is 42.8 Å². The molecule has 1 aliphatic carbocycles. The Balaban J connectivity index is 1.53. The van der Waals surface area contributed by atoms with Gasteiger partial charge in [-0.3, -0.25) is 4.79 Å². The first-order chi connectivity index (χ1) is 14.0. The van der Waals surface area contributed by atoms with Crippen LogP contribution in [0.4, 0.5) is 0 Å². The summed E-state index contributed by atoms with van der Waals surface area (Å²) < 4.78 is 33.8. The van der Waals surface area contributed by atoms with Gasteiger partial charge in [-0.1, -0.05) is 0 Å². The van der Waals surface area contributed by atoms with E-state index in [0.717, 1.165) is 12.8 Å². The highest BCUT2D eigenvalue weighted by Gasteiger charge is 2.65. The Morgan fingerprint density at radius 3 is 2.57 bits per heavy atom. The summed E-state index contributed by atoms with van der Waals surface area (Å²) in [5.74, 6) is -1.60. The van der Waals surface area contributed by atoms with Crippen molar-refractivity contribution in [1.82, 2.24) is 0 Å². The number of hydrogen-bond donors (Lipinski definition) is 0. The fourth-order valence-electron chi connectivity index (χ4n) is 4.61. The molecule has 0 N–H and O–H groups in total. The Morgan fingerprint density at radius 1 is 1.17 bits per heavy atom. The number of rotatable bonds is 4. The summed E-state index contributed by atoms with van der Waals surface area (Å²) in [4.78, 5) is 36.8. The third-order valence-electron chi connectivity index (χ3n) is 6.91. The molecule has 164 valence electrons. The molecule has 0 aromatic carbocycles. The van der Waals surface area contributed by atoms with Crippen LogP contribution in [0.2, 0.25) is 0 Å². The summed E-state index contributed by atoms with van der Waals surface area (Å²) in [5.41, 5.74) is -1.19. The third kappa shape index (κ3) is 3.23. The molecule has 0 spiro atoms. The molecule has 3 saturated heterocycles.